The Labute approximate surface area is 181 Å². The average Bonchev–Trinajstić information content (AvgIpc) is 2.77. The first kappa shape index (κ1) is 21.9. The van der Waals surface area contributed by atoms with Crippen molar-refractivity contribution in [2.45, 2.75) is 45.3 Å². The van der Waals surface area contributed by atoms with Crippen molar-refractivity contribution in [3.8, 4) is 11.5 Å². The Bertz CT molecular complexity index is 873. The standard InChI is InChI=1S/C27H33NO2/c1-20(2)30-26-16-12-24(13-17-26)27(23-8-6-5-7-9-23)18-19-28-21(3)22-10-14-25(29-4)15-11-22/h5-17,20-21,27-28H,18-19H2,1-4H3/t21-,27+/m0/s1. The number of ether oxygens (including phenoxy) is 2. The Morgan fingerprint density at radius 1 is 0.700 bits per heavy atom. The number of nitrogens with one attached hydrogen (secondary N) is 1. The molecule has 3 rings (SSSR count). The molecule has 0 spiro atoms. The average molecular weight is 404 g/mol. The molecule has 3 heteroatoms. The Kier molecular flexibility index (Phi) is 7.92. The molecule has 0 aliphatic carbocycles. The lowest BCUT2D eigenvalue weighted by Gasteiger charge is -2.21. The highest BCUT2D eigenvalue weighted by Gasteiger charge is 2.15. The first-order valence-electron chi connectivity index (χ1n) is 10.8. The summed E-state index contributed by atoms with van der Waals surface area (Å²) in [4.78, 5) is 0. The first-order chi connectivity index (χ1) is 14.6. The van der Waals surface area contributed by atoms with Gasteiger partial charge < -0.3 is 14.8 Å². The van der Waals surface area contributed by atoms with Gasteiger partial charge >= 0.3 is 0 Å². The van der Waals surface area contributed by atoms with E-state index in [-0.39, 0.29) is 12.1 Å². The maximum Gasteiger partial charge on any atom is 0.119 e. The van der Waals surface area contributed by atoms with Crippen LogP contribution >= 0.6 is 0 Å². The van der Waals surface area contributed by atoms with Crippen LogP contribution in [0.2, 0.25) is 0 Å². The molecule has 3 nitrogen and oxygen atoms in total. The molecule has 0 aliphatic heterocycles. The minimum atomic E-state index is 0.185. The van der Waals surface area contributed by atoms with Crippen LogP contribution in [0, 0.1) is 0 Å². The van der Waals surface area contributed by atoms with Gasteiger partial charge in [-0.1, -0.05) is 54.6 Å². The molecule has 0 saturated carbocycles. The molecule has 0 saturated heterocycles. The molecule has 3 aromatic rings. The highest BCUT2D eigenvalue weighted by molar-refractivity contribution is 5.36. The minimum Gasteiger partial charge on any atom is -0.497 e. The molecule has 0 unspecified atom stereocenters. The quantitative estimate of drug-likeness (QED) is 0.427. The van der Waals surface area contributed by atoms with Gasteiger partial charge in [0.25, 0.3) is 0 Å². The van der Waals surface area contributed by atoms with Gasteiger partial charge in [0.1, 0.15) is 11.5 Å². The third-order valence-corrected chi connectivity index (χ3v) is 5.36. The molecule has 30 heavy (non-hydrogen) atoms. The van der Waals surface area contributed by atoms with Gasteiger partial charge in [0.15, 0.2) is 0 Å². The summed E-state index contributed by atoms with van der Waals surface area (Å²) in [5.41, 5.74) is 3.92. The fraction of sp³-hybridized carbons (Fsp3) is 0.333. The van der Waals surface area contributed by atoms with Crippen LogP contribution in [0.3, 0.4) is 0 Å². The molecule has 0 radical (unpaired) electrons. The maximum atomic E-state index is 5.81. The second-order valence-corrected chi connectivity index (χ2v) is 7.94. The van der Waals surface area contributed by atoms with Crippen molar-refractivity contribution in [3.05, 3.63) is 95.6 Å². The van der Waals surface area contributed by atoms with Crippen molar-refractivity contribution in [1.82, 2.24) is 5.32 Å². The van der Waals surface area contributed by atoms with Gasteiger partial charge in [-0.3, -0.25) is 0 Å². The number of hydrogen-bond donors (Lipinski definition) is 1. The maximum absolute atomic E-state index is 5.81. The normalized spacial score (nSPS) is 13.1. The molecule has 0 aromatic heterocycles. The summed E-state index contributed by atoms with van der Waals surface area (Å²) in [6.45, 7) is 7.24. The van der Waals surface area contributed by atoms with Crippen molar-refractivity contribution < 1.29 is 9.47 Å². The Morgan fingerprint density at radius 3 is 1.87 bits per heavy atom. The zero-order chi connectivity index (χ0) is 21.3. The van der Waals surface area contributed by atoms with Crippen molar-refractivity contribution in [2.24, 2.45) is 0 Å². The summed E-state index contributed by atoms with van der Waals surface area (Å²) in [6.07, 6.45) is 1.21. The SMILES string of the molecule is COc1ccc([C@H](C)NCC[C@H](c2ccccc2)c2ccc(OC(C)C)cc2)cc1. The largest absolute Gasteiger partial charge is 0.497 e. The summed E-state index contributed by atoms with van der Waals surface area (Å²) < 4.78 is 11.1. The highest BCUT2D eigenvalue weighted by Crippen LogP contribution is 2.29. The van der Waals surface area contributed by atoms with Crippen molar-refractivity contribution >= 4 is 0 Å². The molecule has 0 aliphatic rings. The van der Waals surface area contributed by atoms with Crippen molar-refractivity contribution in [1.29, 1.82) is 0 Å². The molecule has 158 valence electrons. The molecular formula is C27H33NO2. The molecule has 0 heterocycles. The summed E-state index contributed by atoms with van der Waals surface area (Å²) in [7, 11) is 1.70. The van der Waals surface area contributed by atoms with E-state index in [2.05, 4.69) is 92.8 Å². The molecule has 1 N–H and O–H groups in total. The fourth-order valence-electron chi connectivity index (χ4n) is 3.72. The van der Waals surface area contributed by atoms with E-state index in [0.29, 0.717) is 5.92 Å². The van der Waals surface area contributed by atoms with Crippen LogP contribution in [0.4, 0.5) is 0 Å². The lowest BCUT2D eigenvalue weighted by molar-refractivity contribution is 0.242. The van der Waals surface area contributed by atoms with Crippen LogP contribution in [0.15, 0.2) is 78.9 Å². The van der Waals surface area contributed by atoms with E-state index in [1.54, 1.807) is 7.11 Å². The zero-order valence-electron chi connectivity index (χ0n) is 18.5. The van der Waals surface area contributed by atoms with Crippen LogP contribution in [-0.4, -0.2) is 19.8 Å². The van der Waals surface area contributed by atoms with Gasteiger partial charge in [-0.25, -0.2) is 0 Å². The Morgan fingerprint density at radius 2 is 1.27 bits per heavy atom. The Hall–Kier alpha value is -2.78. The summed E-state index contributed by atoms with van der Waals surface area (Å²) in [6, 6.07) is 27.9. The summed E-state index contributed by atoms with van der Waals surface area (Å²) in [5.74, 6) is 2.15. The lowest BCUT2D eigenvalue weighted by atomic mass is 9.88. The molecule has 2 atom stereocenters. The van der Waals surface area contributed by atoms with E-state index in [4.69, 9.17) is 9.47 Å². The van der Waals surface area contributed by atoms with Crippen LogP contribution in [0.1, 0.15) is 55.8 Å². The number of methoxy groups -OCH3 is 1. The van der Waals surface area contributed by atoms with Gasteiger partial charge in [-0.05, 0) is 74.7 Å². The first-order valence-corrected chi connectivity index (χ1v) is 10.8. The second-order valence-electron chi connectivity index (χ2n) is 7.94. The van der Waals surface area contributed by atoms with Crippen LogP contribution in [-0.2, 0) is 0 Å². The van der Waals surface area contributed by atoms with Crippen LogP contribution in [0.25, 0.3) is 0 Å². The van der Waals surface area contributed by atoms with E-state index < -0.39 is 0 Å². The molecular weight excluding hydrogens is 370 g/mol. The highest BCUT2D eigenvalue weighted by atomic mass is 16.5. The number of rotatable bonds is 10. The third kappa shape index (κ3) is 6.11. The van der Waals surface area contributed by atoms with Crippen molar-refractivity contribution in [3.63, 3.8) is 0 Å². The van der Waals surface area contributed by atoms with E-state index in [1.807, 2.05) is 12.1 Å². The summed E-state index contributed by atoms with van der Waals surface area (Å²) >= 11 is 0. The lowest BCUT2D eigenvalue weighted by Crippen LogP contribution is -2.21. The molecule has 0 fully saturated rings. The zero-order valence-corrected chi connectivity index (χ0v) is 18.5. The smallest absolute Gasteiger partial charge is 0.119 e. The van der Waals surface area contributed by atoms with E-state index in [0.717, 1.165) is 24.5 Å². The Balaban J connectivity index is 1.67. The molecule has 0 bridgehead atoms. The number of benzene rings is 3. The summed E-state index contributed by atoms with van der Waals surface area (Å²) in [5, 5.41) is 3.68. The van der Waals surface area contributed by atoms with Crippen LogP contribution < -0.4 is 14.8 Å². The second kappa shape index (κ2) is 10.8. The predicted octanol–water partition coefficient (Wildman–Crippen LogP) is 6.36. The van der Waals surface area contributed by atoms with Gasteiger partial charge in [0.05, 0.1) is 13.2 Å². The number of hydrogen-bond acceptors (Lipinski definition) is 3. The molecule has 0 amide bonds. The third-order valence-electron chi connectivity index (χ3n) is 5.36. The van der Waals surface area contributed by atoms with Gasteiger partial charge in [-0.2, -0.15) is 0 Å². The minimum absolute atomic E-state index is 0.185. The van der Waals surface area contributed by atoms with E-state index in [1.165, 1.54) is 16.7 Å². The van der Waals surface area contributed by atoms with E-state index in [9.17, 15) is 0 Å². The van der Waals surface area contributed by atoms with Gasteiger partial charge in [0.2, 0.25) is 0 Å². The van der Waals surface area contributed by atoms with Gasteiger partial charge in [0, 0.05) is 12.0 Å². The fourth-order valence-corrected chi connectivity index (χ4v) is 3.72. The van der Waals surface area contributed by atoms with E-state index >= 15 is 0 Å². The van der Waals surface area contributed by atoms with Crippen LogP contribution in [0.5, 0.6) is 11.5 Å². The molecule has 3 aromatic carbocycles. The predicted molar refractivity (Wildman–Crippen MR) is 125 cm³/mol. The van der Waals surface area contributed by atoms with Gasteiger partial charge in [-0.15, -0.1) is 0 Å². The monoisotopic (exact) mass is 403 g/mol. The van der Waals surface area contributed by atoms with Crippen molar-refractivity contribution in [2.75, 3.05) is 13.7 Å². The topological polar surface area (TPSA) is 30.5 Å².